The summed E-state index contributed by atoms with van der Waals surface area (Å²) in [6.07, 6.45) is 3.12. The van der Waals surface area contributed by atoms with Crippen molar-refractivity contribution in [1.29, 1.82) is 0 Å². The number of likely N-dealkylation sites (tertiary alicyclic amines) is 1. The van der Waals surface area contributed by atoms with Gasteiger partial charge < -0.3 is 15.0 Å². The Morgan fingerprint density at radius 1 is 1.18 bits per heavy atom. The molecule has 0 radical (unpaired) electrons. The Morgan fingerprint density at radius 3 is 2.46 bits per heavy atom. The van der Waals surface area contributed by atoms with Crippen molar-refractivity contribution in [2.75, 3.05) is 25.5 Å². The van der Waals surface area contributed by atoms with E-state index in [1.54, 1.807) is 11.0 Å². The van der Waals surface area contributed by atoms with E-state index in [-0.39, 0.29) is 17.2 Å². The number of piperidine rings is 1. The molecule has 146 valence electrons. The minimum absolute atomic E-state index is 0.0277. The smallest absolute Gasteiger partial charge is 0.262 e. The number of ether oxygens (including phenoxy) is 1. The molecule has 2 aromatic rings. The summed E-state index contributed by atoms with van der Waals surface area (Å²) in [4.78, 5) is 25.9. The molecule has 0 unspecified atom stereocenters. The van der Waals surface area contributed by atoms with Crippen molar-refractivity contribution >= 4 is 17.5 Å². The Labute approximate surface area is 163 Å². The van der Waals surface area contributed by atoms with Gasteiger partial charge in [0.2, 0.25) is 5.91 Å². The summed E-state index contributed by atoms with van der Waals surface area (Å²) >= 11 is 0. The molecule has 5 nitrogen and oxygen atoms in total. The van der Waals surface area contributed by atoms with Crippen LogP contribution in [0.3, 0.4) is 0 Å². The van der Waals surface area contributed by atoms with Gasteiger partial charge in [0.1, 0.15) is 17.1 Å². The number of rotatable bonds is 5. The van der Waals surface area contributed by atoms with Crippen LogP contribution in [-0.2, 0) is 4.79 Å². The van der Waals surface area contributed by atoms with E-state index in [0.29, 0.717) is 24.7 Å². The van der Waals surface area contributed by atoms with Crippen LogP contribution in [0.5, 0.6) is 5.75 Å². The van der Waals surface area contributed by atoms with Crippen LogP contribution < -0.4 is 10.1 Å². The quantitative estimate of drug-likeness (QED) is 0.796. The van der Waals surface area contributed by atoms with Crippen LogP contribution in [-0.4, -0.2) is 36.9 Å². The predicted octanol–water partition coefficient (Wildman–Crippen LogP) is 3.98. The minimum atomic E-state index is -0.630. The molecule has 3 rings (SSSR count). The maximum atomic E-state index is 14.0. The third kappa shape index (κ3) is 4.22. The standard InChI is InChI=1S/C22H23FN2O3/c1-3-20(26)25-13-11-16(12-14-25)15-7-9-17(10-8-15)24-22(27)21-18(23)5-4-6-19(21)28-2/h3-10,16H,1,11-14H2,2H3,(H,24,27). The Morgan fingerprint density at radius 2 is 1.86 bits per heavy atom. The monoisotopic (exact) mass is 382 g/mol. The van der Waals surface area contributed by atoms with Gasteiger partial charge in [0.15, 0.2) is 0 Å². The van der Waals surface area contributed by atoms with Gasteiger partial charge in [0, 0.05) is 18.8 Å². The Hall–Kier alpha value is -3.15. The summed E-state index contributed by atoms with van der Waals surface area (Å²) < 4.78 is 19.1. The summed E-state index contributed by atoms with van der Waals surface area (Å²) in [5, 5.41) is 2.71. The van der Waals surface area contributed by atoms with Gasteiger partial charge in [-0.15, -0.1) is 0 Å². The highest BCUT2D eigenvalue weighted by Gasteiger charge is 2.23. The molecule has 0 bridgehead atoms. The van der Waals surface area contributed by atoms with Gasteiger partial charge in [-0.25, -0.2) is 4.39 Å². The summed E-state index contributed by atoms with van der Waals surface area (Å²) in [6, 6.07) is 11.8. The lowest BCUT2D eigenvalue weighted by atomic mass is 9.89. The largest absolute Gasteiger partial charge is 0.496 e. The molecule has 28 heavy (non-hydrogen) atoms. The number of hydrogen-bond donors (Lipinski definition) is 1. The van der Waals surface area contributed by atoms with Crippen molar-refractivity contribution in [3.05, 3.63) is 72.1 Å². The number of carbonyl (C=O) groups is 2. The Kier molecular flexibility index (Phi) is 6.09. The molecule has 0 saturated carbocycles. The number of benzene rings is 2. The molecule has 0 atom stereocenters. The zero-order valence-electron chi connectivity index (χ0n) is 15.8. The number of nitrogens with one attached hydrogen (secondary N) is 1. The number of carbonyl (C=O) groups excluding carboxylic acids is 2. The lowest BCUT2D eigenvalue weighted by Crippen LogP contribution is -2.36. The fourth-order valence-electron chi connectivity index (χ4n) is 3.49. The first-order chi connectivity index (χ1) is 13.5. The number of amides is 2. The zero-order chi connectivity index (χ0) is 20.1. The highest BCUT2D eigenvalue weighted by Crippen LogP contribution is 2.29. The van der Waals surface area contributed by atoms with Crippen LogP contribution in [0, 0.1) is 5.82 Å². The summed E-state index contributed by atoms with van der Waals surface area (Å²) in [5.74, 6) is -0.659. The van der Waals surface area contributed by atoms with Gasteiger partial charge in [-0.2, -0.15) is 0 Å². The van der Waals surface area contributed by atoms with E-state index in [4.69, 9.17) is 4.74 Å². The second-order valence-corrected chi connectivity index (χ2v) is 6.70. The molecule has 1 N–H and O–H groups in total. The third-order valence-corrected chi connectivity index (χ3v) is 5.04. The molecule has 0 aliphatic carbocycles. The van der Waals surface area contributed by atoms with Gasteiger partial charge in [0.05, 0.1) is 7.11 Å². The fourth-order valence-corrected chi connectivity index (χ4v) is 3.49. The van der Waals surface area contributed by atoms with Crippen LogP contribution in [0.25, 0.3) is 0 Å². The van der Waals surface area contributed by atoms with Crippen molar-refractivity contribution < 1.29 is 18.7 Å². The number of nitrogens with zero attached hydrogens (tertiary/aromatic N) is 1. The number of anilines is 1. The van der Waals surface area contributed by atoms with E-state index in [1.165, 1.54) is 25.3 Å². The van der Waals surface area contributed by atoms with E-state index in [9.17, 15) is 14.0 Å². The number of halogens is 1. The molecular weight excluding hydrogens is 359 g/mol. The molecule has 0 spiro atoms. The van der Waals surface area contributed by atoms with Crippen LogP contribution >= 0.6 is 0 Å². The van der Waals surface area contributed by atoms with Gasteiger partial charge in [0.25, 0.3) is 5.91 Å². The molecular formula is C22H23FN2O3. The minimum Gasteiger partial charge on any atom is -0.496 e. The first-order valence-corrected chi connectivity index (χ1v) is 9.18. The summed E-state index contributed by atoms with van der Waals surface area (Å²) in [5.41, 5.74) is 1.62. The van der Waals surface area contributed by atoms with E-state index in [0.717, 1.165) is 18.4 Å². The van der Waals surface area contributed by atoms with Gasteiger partial charge in [-0.1, -0.05) is 24.8 Å². The van der Waals surface area contributed by atoms with Gasteiger partial charge in [-0.05, 0) is 54.7 Å². The molecule has 1 heterocycles. The number of methoxy groups -OCH3 is 1. The van der Waals surface area contributed by atoms with Gasteiger partial charge >= 0.3 is 0 Å². The topological polar surface area (TPSA) is 58.6 Å². The summed E-state index contributed by atoms with van der Waals surface area (Å²) in [6.45, 7) is 4.95. The fraction of sp³-hybridized carbons (Fsp3) is 0.273. The Balaban J connectivity index is 1.65. The highest BCUT2D eigenvalue weighted by molar-refractivity contribution is 6.06. The molecule has 1 saturated heterocycles. The average molecular weight is 382 g/mol. The third-order valence-electron chi connectivity index (χ3n) is 5.04. The normalized spacial score (nSPS) is 14.4. The van der Waals surface area contributed by atoms with Crippen molar-refractivity contribution in [3.8, 4) is 5.75 Å². The number of hydrogen-bond acceptors (Lipinski definition) is 3. The second kappa shape index (κ2) is 8.69. The molecule has 1 fully saturated rings. The van der Waals surface area contributed by atoms with Crippen LogP contribution in [0.2, 0.25) is 0 Å². The lowest BCUT2D eigenvalue weighted by molar-refractivity contribution is -0.127. The average Bonchev–Trinajstić information content (AvgIpc) is 2.73. The van der Waals surface area contributed by atoms with Crippen molar-refractivity contribution in [2.24, 2.45) is 0 Å². The first-order valence-electron chi connectivity index (χ1n) is 9.18. The van der Waals surface area contributed by atoms with Crippen molar-refractivity contribution in [3.63, 3.8) is 0 Å². The first kappa shape index (κ1) is 19.6. The molecule has 2 aromatic carbocycles. The maximum Gasteiger partial charge on any atom is 0.262 e. The maximum absolute atomic E-state index is 14.0. The molecule has 6 heteroatoms. The lowest BCUT2D eigenvalue weighted by Gasteiger charge is -2.31. The molecule has 2 amide bonds. The second-order valence-electron chi connectivity index (χ2n) is 6.70. The molecule has 1 aliphatic heterocycles. The van der Waals surface area contributed by atoms with Gasteiger partial charge in [-0.3, -0.25) is 9.59 Å². The van der Waals surface area contributed by atoms with E-state index >= 15 is 0 Å². The summed E-state index contributed by atoms with van der Waals surface area (Å²) in [7, 11) is 1.40. The SMILES string of the molecule is C=CC(=O)N1CCC(c2ccc(NC(=O)c3c(F)cccc3OC)cc2)CC1. The van der Waals surface area contributed by atoms with Crippen molar-refractivity contribution in [2.45, 2.75) is 18.8 Å². The molecule has 1 aliphatic rings. The van der Waals surface area contributed by atoms with Crippen LogP contribution in [0.4, 0.5) is 10.1 Å². The molecule has 0 aromatic heterocycles. The van der Waals surface area contributed by atoms with Crippen LogP contribution in [0.1, 0.15) is 34.7 Å². The van der Waals surface area contributed by atoms with E-state index in [1.807, 2.05) is 24.3 Å². The van der Waals surface area contributed by atoms with Crippen LogP contribution in [0.15, 0.2) is 55.1 Å². The predicted molar refractivity (Wildman–Crippen MR) is 106 cm³/mol. The van der Waals surface area contributed by atoms with Crippen molar-refractivity contribution in [1.82, 2.24) is 4.90 Å². The Bertz CT molecular complexity index is 872. The highest BCUT2D eigenvalue weighted by atomic mass is 19.1. The van der Waals surface area contributed by atoms with E-state index < -0.39 is 11.7 Å². The zero-order valence-corrected chi connectivity index (χ0v) is 15.8. The van der Waals surface area contributed by atoms with E-state index in [2.05, 4.69) is 11.9 Å².